The lowest BCUT2D eigenvalue weighted by Gasteiger charge is -2.26. The molecule has 11 nitrogen and oxygen atoms in total. The Balaban J connectivity index is 1.48. The number of nitrogen functional groups attached to an aromatic ring is 1. The molecule has 0 radical (unpaired) electrons. The number of imidazole rings is 1. The fourth-order valence-corrected chi connectivity index (χ4v) is 4.55. The number of carbonyl (C=O) groups is 1. The number of fused-ring (bicyclic) bond motifs is 1. The summed E-state index contributed by atoms with van der Waals surface area (Å²) in [5.41, 5.74) is 8.96. The standard InChI is InChI=1S/C26H33N7O4/c1-6-32(15-17(2)33-22-10-8-7-9-21(22)29-26(33)27)11-12-37-24-20(14-28-31(24)4)19-13-18(25(35)36-5)16-30(3)23(19)34/h7-10,13-14,16-17H,6,11-12,15H2,1-5H3,(H2,27,29). The van der Waals surface area contributed by atoms with Crippen molar-refractivity contribution < 1.29 is 14.3 Å². The monoisotopic (exact) mass is 507 g/mol. The summed E-state index contributed by atoms with van der Waals surface area (Å²) in [5, 5.41) is 4.29. The van der Waals surface area contributed by atoms with Crippen molar-refractivity contribution in [2.24, 2.45) is 14.1 Å². The number of pyridine rings is 1. The second kappa shape index (κ2) is 10.9. The van der Waals surface area contributed by atoms with Gasteiger partial charge in [0.05, 0.1) is 41.0 Å². The minimum Gasteiger partial charge on any atom is -0.476 e. The summed E-state index contributed by atoms with van der Waals surface area (Å²) in [6.45, 7) is 6.82. The number of methoxy groups -OCH3 is 1. The Morgan fingerprint density at radius 1 is 1.22 bits per heavy atom. The molecule has 0 bridgehead atoms. The first-order valence-electron chi connectivity index (χ1n) is 12.1. The Bertz CT molecular complexity index is 1470. The quantitative estimate of drug-likeness (QED) is 0.325. The van der Waals surface area contributed by atoms with Crippen LogP contribution in [-0.4, -0.2) is 68.1 Å². The molecule has 0 saturated carbocycles. The second-order valence-corrected chi connectivity index (χ2v) is 8.96. The largest absolute Gasteiger partial charge is 0.476 e. The highest BCUT2D eigenvalue weighted by molar-refractivity contribution is 5.90. The summed E-state index contributed by atoms with van der Waals surface area (Å²) >= 11 is 0. The van der Waals surface area contributed by atoms with E-state index in [0.29, 0.717) is 36.1 Å². The van der Waals surface area contributed by atoms with Crippen LogP contribution in [0.5, 0.6) is 5.88 Å². The second-order valence-electron chi connectivity index (χ2n) is 8.96. The molecular weight excluding hydrogens is 474 g/mol. The van der Waals surface area contributed by atoms with E-state index in [1.807, 2.05) is 24.3 Å². The number of hydrogen-bond acceptors (Lipinski definition) is 8. The highest BCUT2D eigenvalue weighted by atomic mass is 16.5. The molecule has 11 heteroatoms. The number of hydrogen-bond donors (Lipinski definition) is 1. The molecular formula is C26H33N7O4. The van der Waals surface area contributed by atoms with Crippen LogP contribution in [-0.2, 0) is 18.8 Å². The number of nitrogens with zero attached hydrogens (tertiary/aromatic N) is 6. The highest BCUT2D eigenvalue weighted by Crippen LogP contribution is 2.28. The molecule has 3 heterocycles. The maximum atomic E-state index is 12.9. The molecule has 1 aromatic carbocycles. The van der Waals surface area contributed by atoms with E-state index in [4.69, 9.17) is 15.2 Å². The van der Waals surface area contributed by atoms with Gasteiger partial charge < -0.3 is 24.3 Å². The van der Waals surface area contributed by atoms with Crippen molar-refractivity contribution in [2.45, 2.75) is 19.9 Å². The number of rotatable bonds is 10. The van der Waals surface area contributed by atoms with Gasteiger partial charge in [-0.2, -0.15) is 5.10 Å². The minimum atomic E-state index is -0.526. The number of benzene rings is 1. The minimum absolute atomic E-state index is 0.101. The molecule has 0 spiro atoms. The third kappa shape index (κ3) is 5.21. The summed E-state index contributed by atoms with van der Waals surface area (Å²) in [6.07, 6.45) is 3.02. The molecule has 0 fully saturated rings. The number of likely N-dealkylation sites (N-methyl/N-ethyl adjacent to an activating group) is 1. The van der Waals surface area contributed by atoms with Gasteiger partial charge in [0, 0.05) is 39.4 Å². The number of anilines is 1. The molecule has 0 aliphatic carbocycles. The van der Waals surface area contributed by atoms with E-state index in [1.165, 1.54) is 23.9 Å². The summed E-state index contributed by atoms with van der Waals surface area (Å²) in [4.78, 5) is 31.7. The Kier molecular flexibility index (Phi) is 7.63. The van der Waals surface area contributed by atoms with Gasteiger partial charge >= 0.3 is 5.97 Å². The lowest BCUT2D eigenvalue weighted by Crippen LogP contribution is -2.33. The molecule has 4 rings (SSSR count). The van der Waals surface area contributed by atoms with Crippen molar-refractivity contribution in [1.82, 2.24) is 28.8 Å². The van der Waals surface area contributed by atoms with Crippen LogP contribution in [0, 0.1) is 0 Å². The Labute approximate surface area is 215 Å². The zero-order chi connectivity index (χ0) is 26.7. The summed E-state index contributed by atoms with van der Waals surface area (Å²) in [5.74, 6) is 0.423. The fraction of sp³-hybridized carbons (Fsp3) is 0.385. The van der Waals surface area contributed by atoms with E-state index in [0.717, 1.165) is 24.1 Å². The molecule has 37 heavy (non-hydrogen) atoms. The van der Waals surface area contributed by atoms with Crippen molar-refractivity contribution in [2.75, 3.05) is 39.1 Å². The Hall–Kier alpha value is -4.12. The van der Waals surface area contributed by atoms with E-state index in [-0.39, 0.29) is 17.2 Å². The normalized spacial score (nSPS) is 12.3. The Morgan fingerprint density at radius 3 is 2.70 bits per heavy atom. The number of aryl methyl sites for hydroxylation is 2. The first-order chi connectivity index (χ1) is 17.7. The average molecular weight is 508 g/mol. The molecule has 196 valence electrons. The van der Waals surface area contributed by atoms with Crippen molar-refractivity contribution in [3.05, 3.63) is 58.6 Å². The van der Waals surface area contributed by atoms with Gasteiger partial charge in [-0.1, -0.05) is 19.1 Å². The van der Waals surface area contributed by atoms with Crippen molar-refractivity contribution in [3.63, 3.8) is 0 Å². The third-order valence-corrected chi connectivity index (χ3v) is 6.46. The van der Waals surface area contributed by atoms with Crippen LogP contribution in [0.4, 0.5) is 5.95 Å². The van der Waals surface area contributed by atoms with Gasteiger partial charge in [-0.05, 0) is 31.7 Å². The molecule has 0 amide bonds. The summed E-state index contributed by atoms with van der Waals surface area (Å²) in [7, 11) is 4.64. The summed E-state index contributed by atoms with van der Waals surface area (Å²) in [6, 6.07) is 9.53. The predicted molar refractivity (Wildman–Crippen MR) is 142 cm³/mol. The molecule has 3 aromatic heterocycles. The SMILES string of the molecule is CCN(CCOc1c(-c2cc(C(=O)OC)cn(C)c2=O)cnn1C)CC(C)n1c(N)nc2ccccc21. The summed E-state index contributed by atoms with van der Waals surface area (Å²) < 4.78 is 15.9. The van der Waals surface area contributed by atoms with Gasteiger partial charge in [-0.15, -0.1) is 0 Å². The van der Waals surface area contributed by atoms with E-state index in [2.05, 4.69) is 33.4 Å². The topological polar surface area (TPSA) is 122 Å². The van der Waals surface area contributed by atoms with Crippen LogP contribution in [0.1, 0.15) is 30.2 Å². The van der Waals surface area contributed by atoms with E-state index >= 15 is 0 Å². The molecule has 1 unspecified atom stereocenters. The van der Waals surface area contributed by atoms with Gasteiger partial charge in [-0.25, -0.2) is 14.5 Å². The molecule has 4 aromatic rings. The van der Waals surface area contributed by atoms with Crippen LogP contribution in [0.2, 0.25) is 0 Å². The van der Waals surface area contributed by atoms with Gasteiger partial charge in [0.1, 0.15) is 6.61 Å². The number of carbonyl (C=O) groups excluding carboxylic acids is 1. The van der Waals surface area contributed by atoms with Crippen molar-refractivity contribution in [3.8, 4) is 17.0 Å². The van der Waals surface area contributed by atoms with Crippen LogP contribution >= 0.6 is 0 Å². The number of aromatic nitrogens is 5. The average Bonchev–Trinajstić information content (AvgIpc) is 3.42. The molecule has 0 aliphatic rings. The number of para-hydroxylation sites is 2. The molecule has 1 atom stereocenters. The van der Waals surface area contributed by atoms with Gasteiger partial charge in [-0.3, -0.25) is 9.69 Å². The highest BCUT2D eigenvalue weighted by Gasteiger charge is 2.20. The van der Waals surface area contributed by atoms with E-state index in [1.54, 1.807) is 25.0 Å². The first-order valence-corrected chi connectivity index (χ1v) is 12.1. The molecule has 0 saturated heterocycles. The van der Waals surface area contributed by atoms with Crippen LogP contribution < -0.4 is 16.0 Å². The molecule has 2 N–H and O–H groups in total. The van der Waals surface area contributed by atoms with Crippen LogP contribution in [0.15, 0.2) is 47.5 Å². The fourth-order valence-electron chi connectivity index (χ4n) is 4.55. The maximum absolute atomic E-state index is 12.9. The predicted octanol–water partition coefficient (Wildman–Crippen LogP) is 2.47. The number of ether oxygens (including phenoxy) is 2. The third-order valence-electron chi connectivity index (χ3n) is 6.46. The Morgan fingerprint density at radius 2 is 1.97 bits per heavy atom. The van der Waals surface area contributed by atoms with Gasteiger partial charge in [0.25, 0.3) is 5.56 Å². The molecule has 0 aliphatic heterocycles. The smallest absolute Gasteiger partial charge is 0.339 e. The van der Waals surface area contributed by atoms with Crippen LogP contribution in [0.25, 0.3) is 22.2 Å². The van der Waals surface area contributed by atoms with Crippen LogP contribution in [0.3, 0.4) is 0 Å². The number of esters is 1. The maximum Gasteiger partial charge on any atom is 0.339 e. The van der Waals surface area contributed by atoms with Gasteiger partial charge in [0.15, 0.2) is 0 Å². The zero-order valence-electron chi connectivity index (χ0n) is 21.8. The number of nitrogens with two attached hydrogens (primary N) is 1. The van der Waals surface area contributed by atoms with E-state index < -0.39 is 5.97 Å². The first kappa shape index (κ1) is 26.0. The lowest BCUT2D eigenvalue weighted by atomic mass is 10.1. The van der Waals surface area contributed by atoms with Gasteiger partial charge in [0.2, 0.25) is 11.8 Å². The van der Waals surface area contributed by atoms with Crippen molar-refractivity contribution >= 4 is 23.0 Å². The zero-order valence-corrected chi connectivity index (χ0v) is 21.8. The van der Waals surface area contributed by atoms with E-state index in [9.17, 15) is 9.59 Å². The van der Waals surface area contributed by atoms with Crippen molar-refractivity contribution in [1.29, 1.82) is 0 Å². The lowest BCUT2D eigenvalue weighted by molar-refractivity contribution is 0.0599.